The van der Waals surface area contributed by atoms with E-state index >= 15 is 0 Å². The summed E-state index contributed by atoms with van der Waals surface area (Å²) in [6, 6.07) is 6.14. The second kappa shape index (κ2) is 7.01. The van der Waals surface area contributed by atoms with Crippen LogP contribution in [0.1, 0.15) is 18.5 Å². The van der Waals surface area contributed by atoms with Crippen molar-refractivity contribution in [3.8, 4) is 0 Å². The van der Waals surface area contributed by atoms with E-state index in [1.54, 1.807) is 0 Å². The van der Waals surface area contributed by atoms with Crippen LogP contribution in [0.5, 0.6) is 0 Å². The molecular formula is C13H21N3. The molecular weight excluding hydrogens is 198 g/mol. The van der Waals surface area contributed by atoms with Crippen LogP contribution in [0.4, 0.5) is 5.82 Å². The first-order chi connectivity index (χ1) is 7.77. The Morgan fingerprint density at radius 2 is 2.31 bits per heavy atom. The number of hydrogen-bond donors (Lipinski definition) is 1. The second-order valence-electron chi connectivity index (χ2n) is 3.87. The number of hydrogen-bond acceptors (Lipinski definition) is 3. The lowest BCUT2D eigenvalue weighted by atomic mass is 10.3. The number of pyridine rings is 1. The molecule has 88 valence electrons. The van der Waals surface area contributed by atoms with Gasteiger partial charge in [-0.15, -0.1) is 6.58 Å². The molecule has 16 heavy (non-hydrogen) atoms. The highest BCUT2D eigenvalue weighted by atomic mass is 15.2. The smallest absolute Gasteiger partial charge is 0.128 e. The van der Waals surface area contributed by atoms with E-state index in [9.17, 15) is 0 Å². The molecule has 0 bridgehead atoms. The molecule has 1 rings (SSSR count). The number of aromatic nitrogens is 1. The fraction of sp³-hybridized carbons (Fsp3) is 0.462. The van der Waals surface area contributed by atoms with Crippen LogP contribution in [0.15, 0.2) is 30.9 Å². The van der Waals surface area contributed by atoms with Crippen molar-refractivity contribution >= 4 is 5.82 Å². The van der Waals surface area contributed by atoms with Gasteiger partial charge in [0.2, 0.25) is 0 Å². The van der Waals surface area contributed by atoms with E-state index in [0.717, 1.165) is 37.4 Å². The maximum absolute atomic E-state index is 4.58. The lowest BCUT2D eigenvalue weighted by Crippen LogP contribution is -2.20. The van der Waals surface area contributed by atoms with Gasteiger partial charge in [0.1, 0.15) is 5.82 Å². The van der Waals surface area contributed by atoms with E-state index in [0.29, 0.717) is 0 Å². The second-order valence-corrected chi connectivity index (χ2v) is 3.87. The molecule has 1 aromatic heterocycles. The van der Waals surface area contributed by atoms with Gasteiger partial charge in [-0.2, -0.15) is 0 Å². The van der Waals surface area contributed by atoms with Crippen LogP contribution in [0.25, 0.3) is 0 Å². The van der Waals surface area contributed by atoms with Crippen LogP contribution in [0, 0.1) is 0 Å². The van der Waals surface area contributed by atoms with Crippen molar-refractivity contribution in [2.24, 2.45) is 0 Å². The highest BCUT2D eigenvalue weighted by Gasteiger charge is 2.02. The summed E-state index contributed by atoms with van der Waals surface area (Å²) in [4.78, 5) is 6.76. The van der Waals surface area contributed by atoms with Gasteiger partial charge in [-0.1, -0.05) is 12.1 Å². The standard InChI is InChI=1S/C13H21N3/c1-4-5-6-10-16(3)13-9-7-8-12(15-13)11-14-2/h4,7-9,14H,1,5-6,10-11H2,2-3H3. The fourth-order valence-electron chi connectivity index (χ4n) is 1.55. The maximum Gasteiger partial charge on any atom is 0.128 e. The van der Waals surface area contributed by atoms with Crippen LogP contribution in [-0.4, -0.2) is 25.6 Å². The molecule has 0 radical (unpaired) electrons. The maximum atomic E-state index is 4.58. The third kappa shape index (κ3) is 4.03. The predicted molar refractivity (Wildman–Crippen MR) is 69.7 cm³/mol. The third-order valence-corrected chi connectivity index (χ3v) is 2.44. The average Bonchev–Trinajstić information content (AvgIpc) is 2.30. The summed E-state index contributed by atoms with van der Waals surface area (Å²) in [5, 5.41) is 3.11. The first kappa shape index (κ1) is 12.7. The van der Waals surface area contributed by atoms with Crippen LogP contribution in [-0.2, 0) is 6.54 Å². The molecule has 3 nitrogen and oxygen atoms in total. The summed E-state index contributed by atoms with van der Waals surface area (Å²) in [7, 11) is 4.01. The minimum Gasteiger partial charge on any atom is -0.360 e. The van der Waals surface area contributed by atoms with E-state index in [1.165, 1.54) is 0 Å². The molecule has 0 unspecified atom stereocenters. The van der Waals surface area contributed by atoms with Crippen molar-refractivity contribution in [2.75, 3.05) is 25.5 Å². The van der Waals surface area contributed by atoms with Crippen LogP contribution in [0.2, 0.25) is 0 Å². The number of nitrogens with zero attached hydrogens (tertiary/aromatic N) is 2. The van der Waals surface area contributed by atoms with E-state index in [4.69, 9.17) is 0 Å². The Morgan fingerprint density at radius 1 is 1.50 bits per heavy atom. The van der Waals surface area contributed by atoms with E-state index in [-0.39, 0.29) is 0 Å². The Morgan fingerprint density at radius 3 is 3.00 bits per heavy atom. The lowest BCUT2D eigenvalue weighted by Gasteiger charge is -2.18. The zero-order valence-electron chi connectivity index (χ0n) is 10.2. The third-order valence-electron chi connectivity index (χ3n) is 2.44. The number of anilines is 1. The zero-order chi connectivity index (χ0) is 11.8. The van der Waals surface area contributed by atoms with Gasteiger partial charge in [0, 0.05) is 20.1 Å². The van der Waals surface area contributed by atoms with Crippen molar-refractivity contribution < 1.29 is 0 Å². The normalized spacial score (nSPS) is 10.1. The molecule has 0 saturated heterocycles. The molecule has 1 heterocycles. The molecule has 0 amide bonds. The van der Waals surface area contributed by atoms with Crippen LogP contribution < -0.4 is 10.2 Å². The van der Waals surface area contributed by atoms with Gasteiger partial charge in [-0.3, -0.25) is 0 Å². The molecule has 0 atom stereocenters. The molecule has 0 spiro atoms. The minimum absolute atomic E-state index is 0.814. The molecule has 0 aliphatic carbocycles. The Balaban J connectivity index is 2.56. The van der Waals surface area contributed by atoms with Crippen molar-refractivity contribution in [3.05, 3.63) is 36.5 Å². The van der Waals surface area contributed by atoms with Gasteiger partial charge in [0.25, 0.3) is 0 Å². The molecule has 0 fully saturated rings. The van der Waals surface area contributed by atoms with Crippen LogP contribution >= 0.6 is 0 Å². The van der Waals surface area contributed by atoms with E-state index in [2.05, 4.69) is 34.9 Å². The largest absolute Gasteiger partial charge is 0.360 e. The van der Waals surface area contributed by atoms with Gasteiger partial charge in [0.15, 0.2) is 0 Å². The molecule has 0 aromatic carbocycles. The topological polar surface area (TPSA) is 28.2 Å². The summed E-state index contributed by atoms with van der Waals surface area (Å²) in [6.45, 7) is 5.56. The number of unbranched alkanes of at least 4 members (excludes halogenated alkanes) is 1. The molecule has 0 aliphatic rings. The average molecular weight is 219 g/mol. The van der Waals surface area contributed by atoms with Crippen molar-refractivity contribution in [1.29, 1.82) is 0 Å². The Kier molecular flexibility index (Phi) is 5.57. The quantitative estimate of drug-likeness (QED) is 0.563. The Labute approximate surface area is 98.2 Å². The van der Waals surface area contributed by atoms with Gasteiger partial charge in [-0.05, 0) is 32.0 Å². The molecule has 3 heteroatoms. The Hall–Kier alpha value is -1.35. The summed E-state index contributed by atoms with van der Waals surface area (Å²) in [5.74, 6) is 1.04. The minimum atomic E-state index is 0.814. The number of nitrogens with one attached hydrogen (secondary N) is 1. The first-order valence-electron chi connectivity index (χ1n) is 5.70. The van der Waals surface area contributed by atoms with Crippen molar-refractivity contribution in [1.82, 2.24) is 10.3 Å². The predicted octanol–water partition coefficient (Wildman–Crippen LogP) is 2.20. The van der Waals surface area contributed by atoms with Crippen LogP contribution in [0.3, 0.4) is 0 Å². The van der Waals surface area contributed by atoms with Gasteiger partial charge in [-0.25, -0.2) is 4.98 Å². The monoisotopic (exact) mass is 219 g/mol. The van der Waals surface area contributed by atoms with Gasteiger partial charge in [0.05, 0.1) is 5.69 Å². The summed E-state index contributed by atoms with van der Waals surface area (Å²) in [5.41, 5.74) is 1.08. The molecule has 0 saturated carbocycles. The van der Waals surface area contributed by atoms with E-state index in [1.807, 2.05) is 25.3 Å². The SMILES string of the molecule is C=CCCCN(C)c1cccc(CNC)n1. The number of rotatable bonds is 7. The van der Waals surface area contributed by atoms with Gasteiger partial charge >= 0.3 is 0 Å². The first-order valence-corrected chi connectivity index (χ1v) is 5.70. The molecule has 1 aromatic rings. The highest BCUT2D eigenvalue weighted by molar-refractivity contribution is 5.38. The van der Waals surface area contributed by atoms with Crippen molar-refractivity contribution in [2.45, 2.75) is 19.4 Å². The lowest BCUT2D eigenvalue weighted by molar-refractivity contribution is 0.766. The molecule has 0 aliphatic heterocycles. The fourth-order valence-corrected chi connectivity index (χ4v) is 1.55. The zero-order valence-corrected chi connectivity index (χ0v) is 10.2. The Bertz CT molecular complexity index is 323. The van der Waals surface area contributed by atoms with Gasteiger partial charge < -0.3 is 10.2 Å². The van der Waals surface area contributed by atoms with E-state index < -0.39 is 0 Å². The summed E-state index contributed by atoms with van der Waals surface area (Å²) >= 11 is 0. The highest BCUT2D eigenvalue weighted by Crippen LogP contribution is 2.10. The van der Waals surface area contributed by atoms with Crippen molar-refractivity contribution in [3.63, 3.8) is 0 Å². The molecule has 1 N–H and O–H groups in total. The summed E-state index contributed by atoms with van der Waals surface area (Å²) < 4.78 is 0. The number of allylic oxidation sites excluding steroid dienone is 1. The summed E-state index contributed by atoms with van der Waals surface area (Å²) in [6.07, 6.45) is 4.14.